The lowest BCUT2D eigenvalue weighted by Crippen LogP contribution is -2.34. The summed E-state index contributed by atoms with van der Waals surface area (Å²) in [5.74, 6) is -0.890. The lowest BCUT2D eigenvalue weighted by Gasteiger charge is -2.25. The average molecular weight is 1120 g/mol. The number of ether oxygens (including phenoxy) is 3. The normalized spacial score (nSPS) is 11.7. The Balaban J connectivity index is 0.000000301. The monoisotopic (exact) mass is 1120 g/mol. The minimum atomic E-state index is -4.91. The highest BCUT2D eigenvalue weighted by molar-refractivity contribution is 7.93. The van der Waals surface area contributed by atoms with Crippen LogP contribution in [-0.4, -0.2) is 65.4 Å². The zero-order chi connectivity index (χ0) is 51.1. The fourth-order valence-electron chi connectivity index (χ4n) is 6.11. The number of rotatable bonds is 16. The first kappa shape index (κ1) is 57.2. The number of carbonyl (C=O) groups is 2. The lowest BCUT2D eigenvalue weighted by molar-refractivity contribution is -0.138. The molecule has 0 fully saturated rings. The summed E-state index contributed by atoms with van der Waals surface area (Å²) in [6, 6.07) is 19.1. The van der Waals surface area contributed by atoms with Crippen LogP contribution in [0.1, 0.15) is 57.1 Å². The summed E-state index contributed by atoms with van der Waals surface area (Å²) < 4.78 is 151. The first-order chi connectivity index (χ1) is 32.3. The van der Waals surface area contributed by atoms with Crippen molar-refractivity contribution in [2.45, 2.75) is 36.0 Å². The van der Waals surface area contributed by atoms with Crippen molar-refractivity contribution in [3.8, 4) is 11.5 Å². The Morgan fingerprint density at radius 2 is 1.09 bits per heavy atom. The van der Waals surface area contributed by atoms with Gasteiger partial charge in [-0.3, -0.25) is 14.3 Å². The SMILES string of the molecule is CCOc1ccccc1C(=O)c1ncc(Cl)cc1N(COC)S(=O)(=O)c1ccc(Cl)c(C(F)(F)F)c1.CCOc1ccccc1C(=O)c1ncc(Cl)cc1NS(=O)(=O)c1ccc(Cl)c(C(F)(F)F)c1.Cl. The largest absolute Gasteiger partial charge is 0.493 e. The van der Waals surface area contributed by atoms with Gasteiger partial charge in [-0.2, -0.15) is 26.3 Å². The second-order valence-corrected chi connectivity index (χ2v) is 19.0. The summed E-state index contributed by atoms with van der Waals surface area (Å²) in [7, 11) is -8.13. The second kappa shape index (κ2) is 23.7. The van der Waals surface area contributed by atoms with Crippen molar-refractivity contribution in [2.75, 3.05) is 36.1 Å². The first-order valence-corrected chi connectivity index (χ1v) is 23.9. The molecule has 0 spiro atoms. The van der Waals surface area contributed by atoms with E-state index in [-0.39, 0.29) is 81.1 Å². The van der Waals surface area contributed by atoms with Gasteiger partial charge in [-0.1, -0.05) is 70.7 Å². The van der Waals surface area contributed by atoms with E-state index < -0.39 is 81.7 Å². The summed E-state index contributed by atoms with van der Waals surface area (Å²) in [5.41, 5.74) is -3.73. The Bertz CT molecular complexity index is 3120. The quantitative estimate of drug-likeness (QED) is 0.0555. The Morgan fingerprint density at radius 3 is 1.57 bits per heavy atom. The van der Waals surface area contributed by atoms with E-state index in [1.165, 1.54) is 19.2 Å². The van der Waals surface area contributed by atoms with Gasteiger partial charge in [-0.25, -0.2) is 31.1 Å². The van der Waals surface area contributed by atoms with Gasteiger partial charge in [0.25, 0.3) is 20.0 Å². The first-order valence-electron chi connectivity index (χ1n) is 19.5. The molecule has 2 heterocycles. The highest BCUT2D eigenvalue weighted by Gasteiger charge is 2.38. The number of ketones is 2. The molecular weight excluding hydrogens is 1080 g/mol. The molecule has 70 heavy (non-hydrogen) atoms. The van der Waals surface area contributed by atoms with Gasteiger partial charge in [0.15, 0.2) is 0 Å². The smallest absolute Gasteiger partial charge is 0.417 e. The molecule has 1 N–H and O–H groups in total. The van der Waals surface area contributed by atoms with Crippen LogP contribution in [0.15, 0.2) is 119 Å². The summed E-state index contributed by atoms with van der Waals surface area (Å²) in [6.07, 6.45) is -7.50. The molecule has 0 saturated heterocycles. The predicted octanol–water partition coefficient (Wildman–Crippen LogP) is 12.1. The maximum atomic E-state index is 13.5. The molecule has 0 saturated carbocycles. The molecular formula is C44H35Cl5F6N4O9S2. The Hall–Kier alpha value is -5.39. The Kier molecular flexibility index (Phi) is 19.3. The molecule has 2 aromatic heterocycles. The molecule has 4 aromatic carbocycles. The van der Waals surface area contributed by atoms with Crippen LogP contribution in [0.4, 0.5) is 37.7 Å². The number of pyridine rings is 2. The molecule has 0 aliphatic carbocycles. The van der Waals surface area contributed by atoms with Gasteiger partial charge in [0.05, 0.1) is 76.7 Å². The van der Waals surface area contributed by atoms with E-state index in [4.69, 9.17) is 60.6 Å². The third-order valence-corrected chi connectivity index (χ3v) is 13.3. The van der Waals surface area contributed by atoms with Crippen molar-refractivity contribution in [3.05, 3.63) is 163 Å². The zero-order valence-electron chi connectivity index (χ0n) is 36.0. The molecule has 26 heteroatoms. The average Bonchev–Trinajstić information content (AvgIpc) is 3.28. The molecule has 6 aromatic rings. The van der Waals surface area contributed by atoms with E-state index in [1.807, 2.05) is 0 Å². The van der Waals surface area contributed by atoms with Gasteiger partial charge < -0.3 is 14.2 Å². The number of sulfonamides is 2. The summed E-state index contributed by atoms with van der Waals surface area (Å²) in [6.45, 7) is 3.31. The molecule has 0 amide bonds. The van der Waals surface area contributed by atoms with Crippen molar-refractivity contribution in [2.24, 2.45) is 0 Å². The molecule has 0 radical (unpaired) electrons. The molecule has 6 rings (SSSR count). The molecule has 0 atom stereocenters. The number of nitrogens with one attached hydrogen (secondary N) is 1. The predicted molar refractivity (Wildman–Crippen MR) is 253 cm³/mol. The molecule has 0 unspecified atom stereocenters. The van der Waals surface area contributed by atoms with Crippen LogP contribution in [0.2, 0.25) is 20.1 Å². The maximum absolute atomic E-state index is 13.5. The number of anilines is 2. The minimum absolute atomic E-state index is 0. The van der Waals surface area contributed by atoms with E-state index >= 15 is 0 Å². The van der Waals surface area contributed by atoms with E-state index in [1.54, 1.807) is 50.2 Å². The standard InChI is InChI=1S/C23H19Cl2F3N2O5S.C21H15Cl2F3N2O4S.ClH/c1-3-35-20-7-5-4-6-16(20)22(31)21-19(10-14(24)12-29-21)30(13-34-2)36(32,33)15-8-9-18(25)17(11-15)23(26,27)28;1-2-32-18-6-4-3-5-14(18)20(29)19-17(9-12(22)11-27-19)28-33(30,31)13-7-8-16(23)15(10-13)21(24,25)26;/h4-12H,3,13H2,1-2H3;3-11,28H,2H2,1H3;1H. The summed E-state index contributed by atoms with van der Waals surface area (Å²) in [4.78, 5) is 33.1. The summed E-state index contributed by atoms with van der Waals surface area (Å²) >= 11 is 23.2. The second-order valence-electron chi connectivity index (χ2n) is 13.7. The third kappa shape index (κ3) is 13.5. The van der Waals surface area contributed by atoms with E-state index in [0.29, 0.717) is 16.4 Å². The number of hydrogen-bond donors (Lipinski definition) is 1. The van der Waals surface area contributed by atoms with Crippen molar-refractivity contribution in [1.82, 2.24) is 9.97 Å². The van der Waals surface area contributed by atoms with Crippen LogP contribution in [0.5, 0.6) is 11.5 Å². The van der Waals surface area contributed by atoms with Crippen LogP contribution >= 0.6 is 58.8 Å². The van der Waals surface area contributed by atoms with Crippen LogP contribution in [0.3, 0.4) is 0 Å². The Labute approximate surface area is 423 Å². The highest BCUT2D eigenvalue weighted by Crippen LogP contribution is 2.39. The number of hydrogen-bond acceptors (Lipinski definition) is 11. The number of methoxy groups -OCH3 is 1. The molecule has 0 aliphatic heterocycles. The van der Waals surface area contributed by atoms with Crippen molar-refractivity contribution in [3.63, 3.8) is 0 Å². The van der Waals surface area contributed by atoms with Crippen molar-refractivity contribution >= 4 is 102 Å². The number of carbonyl (C=O) groups excluding carboxylic acids is 2. The van der Waals surface area contributed by atoms with Crippen LogP contribution in [0, 0.1) is 0 Å². The number of halogens is 11. The Morgan fingerprint density at radius 1 is 0.643 bits per heavy atom. The van der Waals surface area contributed by atoms with Gasteiger partial charge in [0, 0.05) is 19.5 Å². The number of benzene rings is 4. The number of alkyl halides is 6. The number of nitrogens with zero attached hydrogens (tertiary/aromatic N) is 3. The van der Waals surface area contributed by atoms with Gasteiger partial charge in [-0.05, 0) is 86.6 Å². The van der Waals surface area contributed by atoms with Gasteiger partial charge in [-0.15, -0.1) is 12.4 Å². The minimum Gasteiger partial charge on any atom is -0.493 e. The molecule has 0 aliphatic rings. The molecule has 13 nitrogen and oxygen atoms in total. The van der Waals surface area contributed by atoms with Gasteiger partial charge >= 0.3 is 12.4 Å². The van der Waals surface area contributed by atoms with E-state index in [2.05, 4.69) is 14.7 Å². The van der Waals surface area contributed by atoms with Crippen LogP contribution in [0.25, 0.3) is 0 Å². The number of aromatic nitrogens is 2. The summed E-state index contributed by atoms with van der Waals surface area (Å²) in [5, 5.41) is -1.36. The van der Waals surface area contributed by atoms with E-state index in [0.717, 1.165) is 48.8 Å². The number of para-hydroxylation sites is 2. The van der Waals surface area contributed by atoms with Gasteiger partial charge in [0.2, 0.25) is 11.6 Å². The fraction of sp³-hybridized carbons (Fsp3) is 0.182. The molecule has 0 bridgehead atoms. The van der Waals surface area contributed by atoms with Crippen LogP contribution < -0.4 is 18.5 Å². The maximum Gasteiger partial charge on any atom is 0.417 e. The molecule has 374 valence electrons. The third-order valence-electron chi connectivity index (χ3n) is 9.13. The topological polar surface area (TPSA) is 171 Å². The van der Waals surface area contributed by atoms with Crippen LogP contribution in [-0.2, 0) is 37.1 Å². The lowest BCUT2D eigenvalue weighted by atomic mass is 10.1. The van der Waals surface area contributed by atoms with Gasteiger partial charge in [0.1, 0.15) is 29.6 Å². The van der Waals surface area contributed by atoms with Crippen molar-refractivity contribution in [1.29, 1.82) is 0 Å². The highest BCUT2D eigenvalue weighted by atomic mass is 35.5. The van der Waals surface area contributed by atoms with E-state index in [9.17, 15) is 52.8 Å². The van der Waals surface area contributed by atoms with Crippen molar-refractivity contribution < 1.29 is 67.0 Å². The fourth-order valence-corrected chi connectivity index (χ4v) is 9.35. The zero-order valence-corrected chi connectivity index (χ0v) is 41.5.